The Hall–Kier alpha value is -3.66. The Kier molecular flexibility index (Phi) is 14.7. The zero-order chi connectivity index (χ0) is 37.0. The zero-order valence-electron chi connectivity index (χ0n) is 31.1. The molecule has 3 aliphatic carbocycles. The van der Waals surface area contributed by atoms with Crippen LogP contribution < -0.4 is 5.32 Å². The van der Waals surface area contributed by atoms with Crippen LogP contribution in [0.1, 0.15) is 124 Å². The average Bonchev–Trinajstić information content (AvgIpc) is 3.43. The van der Waals surface area contributed by atoms with Crippen molar-refractivity contribution in [2.24, 2.45) is 28.3 Å². The van der Waals surface area contributed by atoms with Gasteiger partial charge in [0.1, 0.15) is 12.3 Å². The van der Waals surface area contributed by atoms with Crippen LogP contribution >= 0.6 is 0 Å². The number of anilines is 1. The van der Waals surface area contributed by atoms with Crippen molar-refractivity contribution in [3.63, 3.8) is 0 Å². The summed E-state index contributed by atoms with van der Waals surface area (Å²) in [5.74, 6) is 1.70. The molecular weight excluding hydrogens is 646 g/mol. The summed E-state index contributed by atoms with van der Waals surface area (Å²) >= 11 is 0. The van der Waals surface area contributed by atoms with Gasteiger partial charge >= 0.3 is 5.97 Å². The lowest BCUT2D eigenvalue weighted by Crippen LogP contribution is -2.36. The number of hydrogen-bond donors (Lipinski definition) is 3. The predicted molar refractivity (Wildman–Crippen MR) is 201 cm³/mol. The molecule has 4 rings (SSSR count). The molecule has 51 heavy (non-hydrogen) atoms. The van der Waals surface area contributed by atoms with Gasteiger partial charge < -0.3 is 20.3 Å². The first-order chi connectivity index (χ1) is 24.3. The second kappa shape index (κ2) is 18.7. The fourth-order valence-corrected chi connectivity index (χ4v) is 8.89. The fourth-order valence-electron chi connectivity index (χ4n) is 8.89. The Morgan fingerprint density at radius 3 is 2.75 bits per heavy atom. The summed E-state index contributed by atoms with van der Waals surface area (Å²) in [7, 11) is 0. The van der Waals surface area contributed by atoms with Gasteiger partial charge in [0.15, 0.2) is 0 Å². The fraction of sp³-hybridized carbons (Fsp3) is 0.675. The van der Waals surface area contributed by atoms with Crippen LogP contribution in [0.5, 0.6) is 0 Å². The SMILES string of the molecule is C[C@H](CCCC(C)(C)O)[C@H]1CC[C@H]2/C(=C/C=C3/C[C@@H](O)CC/C3=C\COC(=O)CCCCCNc3ccc(N=[N+]=[N-])cc3[N+](=O)[O-])CCC[C@]12C. The molecule has 0 radical (unpaired) electrons. The number of azide groups is 1. The Morgan fingerprint density at radius 2 is 2.00 bits per heavy atom. The molecule has 0 aromatic heterocycles. The van der Waals surface area contributed by atoms with Crippen LogP contribution in [0.4, 0.5) is 17.1 Å². The first-order valence-corrected chi connectivity index (χ1v) is 19.0. The van der Waals surface area contributed by atoms with E-state index in [1.807, 2.05) is 19.9 Å². The number of carbonyl (C=O) groups is 1. The van der Waals surface area contributed by atoms with Gasteiger partial charge in [-0.15, -0.1) is 0 Å². The first kappa shape index (κ1) is 40.1. The highest BCUT2D eigenvalue weighted by molar-refractivity contribution is 5.69. The number of nitrogens with zero attached hydrogens (tertiary/aromatic N) is 4. The number of nitrogens with one attached hydrogen (secondary N) is 1. The number of nitro groups is 1. The summed E-state index contributed by atoms with van der Waals surface area (Å²) in [6, 6.07) is 4.28. The number of unbranched alkanes of at least 4 members (excludes halogenated alkanes) is 2. The summed E-state index contributed by atoms with van der Waals surface area (Å²) < 4.78 is 5.55. The molecule has 0 spiro atoms. The van der Waals surface area contributed by atoms with Gasteiger partial charge in [-0.1, -0.05) is 62.0 Å². The summed E-state index contributed by atoms with van der Waals surface area (Å²) in [5.41, 5.74) is 12.5. The number of aliphatic hydroxyl groups is 2. The molecule has 3 saturated carbocycles. The molecule has 0 aliphatic heterocycles. The van der Waals surface area contributed by atoms with Gasteiger partial charge in [0.25, 0.3) is 5.69 Å². The Bertz CT molecular complexity index is 1510. The molecule has 3 aliphatic rings. The van der Waals surface area contributed by atoms with Gasteiger partial charge in [-0.25, -0.2) is 0 Å². The van der Waals surface area contributed by atoms with Crippen molar-refractivity contribution >= 4 is 23.0 Å². The Morgan fingerprint density at radius 1 is 1.20 bits per heavy atom. The normalized spacial score (nSPS) is 26.5. The number of fused-ring (bicyclic) bond motifs is 1. The first-order valence-electron chi connectivity index (χ1n) is 19.0. The van der Waals surface area contributed by atoms with Crippen molar-refractivity contribution in [3.8, 4) is 0 Å². The number of esters is 1. The van der Waals surface area contributed by atoms with E-state index in [4.69, 9.17) is 10.3 Å². The summed E-state index contributed by atoms with van der Waals surface area (Å²) in [6.45, 7) is 9.46. The largest absolute Gasteiger partial charge is 0.461 e. The van der Waals surface area contributed by atoms with Crippen molar-refractivity contribution in [2.75, 3.05) is 18.5 Å². The van der Waals surface area contributed by atoms with E-state index in [9.17, 15) is 25.1 Å². The van der Waals surface area contributed by atoms with E-state index in [1.165, 1.54) is 50.3 Å². The number of hydrogen-bond acceptors (Lipinski definition) is 8. The van der Waals surface area contributed by atoms with Gasteiger partial charge in [0.05, 0.1) is 16.6 Å². The molecule has 11 nitrogen and oxygen atoms in total. The lowest BCUT2D eigenvalue weighted by molar-refractivity contribution is -0.383. The minimum atomic E-state index is -0.596. The molecule has 5 atom stereocenters. The van der Waals surface area contributed by atoms with Crippen molar-refractivity contribution in [1.29, 1.82) is 0 Å². The van der Waals surface area contributed by atoms with Crippen molar-refractivity contribution in [3.05, 3.63) is 73.7 Å². The molecule has 0 amide bonds. The predicted octanol–water partition coefficient (Wildman–Crippen LogP) is 10.2. The number of allylic oxidation sites excluding steroid dienone is 4. The van der Waals surface area contributed by atoms with Crippen LogP contribution in [0.15, 0.2) is 58.3 Å². The van der Waals surface area contributed by atoms with Crippen molar-refractivity contribution in [2.45, 2.75) is 136 Å². The van der Waals surface area contributed by atoms with Crippen molar-refractivity contribution < 1.29 is 24.7 Å². The van der Waals surface area contributed by atoms with E-state index in [1.54, 1.807) is 5.57 Å². The van der Waals surface area contributed by atoms with Crippen LogP contribution in [0.2, 0.25) is 0 Å². The van der Waals surface area contributed by atoms with E-state index >= 15 is 0 Å². The van der Waals surface area contributed by atoms with E-state index in [2.05, 4.69) is 41.3 Å². The number of aliphatic hydroxyl groups excluding tert-OH is 1. The monoisotopic (exact) mass is 705 g/mol. The molecule has 1 aromatic carbocycles. The summed E-state index contributed by atoms with van der Waals surface area (Å²) in [4.78, 5) is 26.0. The van der Waals surface area contributed by atoms with E-state index < -0.39 is 10.5 Å². The number of rotatable bonds is 17. The molecular formula is C40H59N5O6. The number of ether oxygens (including phenoxy) is 1. The maximum atomic E-state index is 12.5. The Balaban J connectivity index is 1.25. The minimum Gasteiger partial charge on any atom is -0.461 e. The second-order valence-electron chi connectivity index (χ2n) is 15.9. The lowest BCUT2D eigenvalue weighted by atomic mass is 9.60. The van der Waals surface area contributed by atoms with Gasteiger partial charge in [0.2, 0.25) is 0 Å². The average molecular weight is 706 g/mol. The highest BCUT2D eigenvalue weighted by atomic mass is 16.6. The van der Waals surface area contributed by atoms with Gasteiger partial charge in [-0.2, -0.15) is 0 Å². The molecule has 11 heteroatoms. The summed E-state index contributed by atoms with van der Waals surface area (Å²) in [6.07, 6.45) is 19.9. The van der Waals surface area contributed by atoms with Crippen LogP contribution in [0.25, 0.3) is 10.4 Å². The minimum absolute atomic E-state index is 0.153. The van der Waals surface area contributed by atoms with Gasteiger partial charge in [-0.05, 0) is 136 Å². The number of benzene rings is 1. The third-order valence-corrected chi connectivity index (χ3v) is 11.6. The third kappa shape index (κ3) is 11.7. The topological polar surface area (TPSA) is 171 Å². The van der Waals surface area contributed by atoms with Crippen LogP contribution in [-0.4, -0.2) is 46.0 Å². The molecule has 0 unspecified atom stereocenters. The quantitative estimate of drug-likeness (QED) is 0.0275. The lowest BCUT2D eigenvalue weighted by Gasteiger charge is -2.44. The van der Waals surface area contributed by atoms with Crippen LogP contribution in [-0.2, 0) is 9.53 Å². The van der Waals surface area contributed by atoms with E-state index in [0.717, 1.165) is 49.7 Å². The molecule has 3 N–H and O–H groups in total. The maximum Gasteiger partial charge on any atom is 0.306 e. The standard InChI is InChI=1S/C40H59N5O6/c1-28(10-8-22-39(2,3)48)34-18-19-35-30(11-9-23-40(34,35)4)13-14-31-26-33(46)17-15-29(31)21-25-51-38(47)12-6-5-7-24-42-36-20-16-32(43-44-41)27-37(36)45(49)50/h13-14,16,20-21,27-28,33-35,42,46,48H,5-12,15,17-19,22-26H2,1-4H3/b29-21+,30-13+,31-14-/t28-,33+,34-,35+,40-/m1/s1. The molecule has 0 heterocycles. The summed E-state index contributed by atoms with van der Waals surface area (Å²) in [5, 5.41) is 38.5. The van der Waals surface area contributed by atoms with E-state index in [-0.39, 0.29) is 30.1 Å². The molecule has 3 fully saturated rings. The third-order valence-electron chi connectivity index (χ3n) is 11.6. The number of carbonyl (C=O) groups excluding carboxylic acids is 1. The number of nitro benzene ring substituents is 1. The maximum absolute atomic E-state index is 12.5. The highest BCUT2D eigenvalue weighted by Gasteiger charge is 2.50. The van der Waals surface area contributed by atoms with Gasteiger partial charge in [-0.3, -0.25) is 14.9 Å². The van der Waals surface area contributed by atoms with Crippen LogP contribution in [0, 0.1) is 33.3 Å². The molecule has 1 aromatic rings. The second-order valence-corrected chi connectivity index (χ2v) is 15.9. The molecule has 0 bridgehead atoms. The van der Waals surface area contributed by atoms with Gasteiger partial charge in [0, 0.05) is 29.6 Å². The smallest absolute Gasteiger partial charge is 0.306 e. The Labute approximate surface area is 303 Å². The highest BCUT2D eigenvalue weighted by Crippen LogP contribution is 2.60. The molecule has 280 valence electrons. The van der Waals surface area contributed by atoms with E-state index in [0.29, 0.717) is 61.1 Å². The molecule has 0 saturated heterocycles. The van der Waals surface area contributed by atoms with Crippen LogP contribution in [0.3, 0.4) is 0 Å². The van der Waals surface area contributed by atoms with Crippen molar-refractivity contribution in [1.82, 2.24) is 0 Å². The zero-order valence-corrected chi connectivity index (χ0v) is 31.1.